The van der Waals surface area contributed by atoms with E-state index in [0.29, 0.717) is 6.61 Å². The largest absolute Gasteiger partial charge is 0.488 e. The van der Waals surface area contributed by atoms with Crippen LogP contribution in [0.2, 0.25) is 0 Å². The second kappa shape index (κ2) is 13.0. The Morgan fingerprint density at radius 2 is 0.897 bits per heavy atom. The molecule has 0 bridgehead atoms. The molecule has 0 aliphatic carbocycles. The molecule has 0 amide bonds. The smallest absolute Gasteiger partial charge is 0.129 e. The van der Waals surface area contributed by atoms with Gasteiger partial charge in [-0.05, 0) is 99.1 Å². The third kappa shape index (κ3) is 5.07. The minimum atomic E-state index is 0.583. The van der Waals surface area contributed by atoms with Crippen molar-refractivity contribution in [2.75, 3.05) is 0 Å². The van der Waals surface area contributed by atoms with Crippen LogP contribution in [0.25, 0.3) is 99.5 Å². The Hall–Kier alpha value is -7.62. The molecule has 3 heteroatoms. The van der Waals surface area contributed by atoms with Crippen molar-refractivity contribution in [1.29, 1.82) is 0 Å². The fraction of sp³-hybridized carbons (Fsp3) is 0.0182. The molecular formula is C55H36N2O. The van der Waals surface area contributed by atoms with E-state index in [9.17, 15) is 0 Å². The number of nitrogens with zero attached hydrogens (tertiary/aromatic N) is 2. The minimum absolute atomic E-state index is 0.583. The normalized spacial score (nSPS) is 12.2. The lowest BCUT2D eigenvalue weighted by Gasteiger charge is -2.24. The van der Waals surface area contributed by atoms with Gasteiger partial charge < -0.3 is 13.9 Å². The maximum Gasteiger partial charge on any atom is 0.129 e. The predicted octanol–water partition coefficient (Wildman–Crippen LogP) is 14.4. The number of benzene rings is 9. The minimum Gasteiger partial charge on any atom is -0.488 e. The molecule has 0 saturated heterocycles. The zero-order valence-electron chi connectivity index (χ0n) is 31.6. The molecule has 58 heavy (non-hydrogen) atoms. The first kappa shape index (κ1) is 32.6. The highest BCUT2D eigenvalue weighted by Gasteiger charge is 2.24. The Bertz CT molecular complexity index is 3370. The highest BCUT2D eigenvalue weighted by molar-refractivity contribution is 6.13. The third-order valence-corrected chi connectivity index (χ3v) is 12.0. The van der Waals surface area contributed by atoms with Crippen LogP contribution < -0.4 is 4.74 Å². The van der Waals surface area contributed by atoms with Gasteiger partial charge in [-0.1, -0.05) is 152 Å². The molecule has 3 nitrogen and oxygen atoms in total. The summed E-state index contributed by atoms with van der Waals surface area (Å²) in [5.74, 6) is 0.924. The quantitative estimate of drug-likeness (QED) is 0.172. The van der Waals surface area contributed by atoms with Gasteiger partial charge in [0.1, 0.15) is 12.4 Å². The van der Waals surface area contributed by atoms with E-state index in [1.165, 1.54) is 88.1 Å². The number of rotatable bonds is 5. The van der Waals surface area contributed by atoms with Crippen LogP contribution in [-0.2, 0) is 6.61 Å². The maximum atomic E-state index is 6.33. The van der Waals surface area contributed by atoms with Gasteiger partial charge in [-0.2, -0.15) is 0 Å². The summed E-state index contributed by atoms with van der Waals surface area (Å²) in [6, 6.07) is 75.0. The first-order chi connectivity index (χ1) is 28.8. The summed E-state index contributed by atoms with van der Waals surface area (Å²) in [4.78, 5) is 0. The SMILES string of the molecule is c1ccc(-c2ccc(-n3c4cc(-c5ccccc5)ccc4c4ccc(-c5ccc6c(c5)c5ccccc5n6-c5cccc6c5-c5ccccc5CO6)cc43)cc2)cc1. The van der Waals surface area contributed by atoms with Crippen LogP contribution in [0.1, 0.15) is 5.56 Å². The molecule has 2 aromatic heterocycles. The molecule has 0 saturated carbocycles. The van der Waals surface area contributed by atoms with Gasteiger partial charge in [0.05, 0.1) is 27.8 Å². The first-order valence-electron chi connectivity index (χ1n) is 19.9. The van der Waals surface area contributed by atoms with Crippen LogP contribution in [0.15, 0.2) is 206 Å². The average molecular weight is 741 g/mol. The van der Waals surface area contributed by atoms with Gasteiger partial charge in [0.25, 0.3) is 0 Å². The Morgan fingerprint density at radius 3 is 1.66 bits per heavy atom. The van der Waals surface area contributed by atoms with Crippen LogP contribution in [0.4, 0.5) is 0 Å². The molecule has 1 aliphatic rings. The van der Waals surface area contributed by atoms with Gasteiger partial charge >= 0.3 is 0 Å². The summed E-state index contributed by atoms with van der Waals surface area (Å²) in [6.07, 6.45) is 0. The molecule has 0 N–H and O–H groups in total. The van der Waals surface area contributed by atoms with Crippen LogP contribution >= 0.6 is 0 Å². The molecule has 272 valence electrons. The first-order valence-corrected chi connectivity index (χ1v) is 19.9. The van der Waals surface area contributed by atoms with E-state index in [1.54, 1.807) is 0 Å². The van der Waals surface area contributed by atoms with E-state index in [-0.39, 0.29) is 0 Å². The van der Waals surface area contributed by atoms with E-state index in [1.807, 2.05) is 0 Å². The standard InChI is InChI=1S/C55H36N2O/c1-3-12-36(13-4-1)38-22-27-43(28-23-38)56-52-33-40(37-14-5-2-6-15-37)24-29-46(52)47-30-25-41(34-53(47)56)39-26-31-50-48(32-39)45-18-9-10-19-49(45)57(50)51-20-11-21-54-55(51)44-17-8-7-16-42(44)35-58-54/h1-34H,35H2. The molecule has 9 aromatic carbocycles. The van der Waals surface area contributed by atoms with E-state index in [0.717, 1.165) is 22.7 Å². The van der Waals surface area contributed by atoms with Crippen LogP contribution in [0, 0.1) is 0 Å². The number of ether oxygens (including phenoxy) is 1. The van der Waals surface area contributed by atoms with Gasteiger partial charge in [0.2, 0.25) is 0 Å². The summed E-state index contributed by atoms with van der Waals surface area (Å²) in [6.45, 7) is 0.583. The summed E-state index contributed by atoms with van der Waals surface area (Å²) >= 11 is 0. The lowest BCUT2D eigenvalue weighted by atomic mass is 9.95. The molecule has 1 aliphatic heterocycles. The van der Waals surface area contributed by atoms with E-state index in [2.05, 4.69) is 215 Å². The van der Waals surface area contributed by atoms with Crippen molar-refractivity contribution >= 4 is 43.6 Å². The van der Waals surface area contributed by atoms with Crippen LogP contribution in [-0.4, -0.2) is 9.13 Å². The highest BCUT2D eigenvalue weighted by Crippen LogP contribution is 2.45. The number of aromatic nitrogens is 2. The summed E-state index contributed by atoms with van der Waals surface area (Å²) in [5.41, 5.74) is 17.8. The average Bonchev–Trinajstić information content (AvgIpc) is 3.81. The highest BCUT2D eigenvalue weighted by atomic mass is 16.5. The predicted molar refractivity (Wildman–Crippen MR) is 241 cm³/mol. The fourth-order valence-corrected chi connectivity index (χ4v) is 9.27. The zero-order chi connectivity index (χ0) is 38.2. The molecule has 0 spiro atoms. The van der Waals surface area contributed by atoms with Crippen molar-refractivity contribution in [2.24, 2.45) is 0 Å². The van der Waals surface area contributed by atoms with Crippen molar-refractivity contribution in [3.8, 4) is 61.6 Å². The number of hydrogen-bond donors (Lipinski definition) is 0. The van der Waals surface area contributed by atoms with Gasteiger partial charge in [0, 0.05) is 32.8 Å². The molecule has 3 heterocycles. The monoisotopic (exact) mass is 740 g/mol. The second-order valence-electron chi connectivity index (χ2n) is 15.3. The Labute approximate surface area is 336 Å². The van der Waals surface area contributed by atoms with E-state index in [4.69, 9.17) is 4.74 Å². The van der Waals surface area contributed by atoms with E-state index >= 15 is 0 Å². The van der Waals surface area contributed by atoms with Crippen LogP contribution in [0.5, 0.6) is 5.75 Å². The van der Waals surface area contributed by atoms with Crippen molar-refractivity contribution in [2.45, 2.75) is 6.61 Å². The van der Waals surface area contributed by atoms with Gasteiger partial charge in [-0.25, -0.2) is 0 Å². The number of hydrogen-bond acceptors (Lipinski definition) is 1. The van der Waals surface area contributed by atoms with E-state index < -0.39 is 0 Å². The zero-order valence-corrected chi connectivity index (χ0v) is 31.6. The van der Waals surface area contributed by atoms with Crippen molar-refractivity contribution < 1.29 is 4.74 Å². The summed E-state index contributed by atoms with van der Waals surface area (Å²) in [7, 11) is 0. The topological polar surface area (TPSA) is 19.1 Å². The Morgan fingerprint density at radius 1 is 0.345 bits per heavy atom. The van der Waals surface area contributed by atoms with Crippen molar-refractivity contribution in [3.63, 3.8) is 0 Å². The molecule has 11 aromatic rings. The third-order valence-electron chi connectivity index (χ3n) is 12.0. The number of para-hydroxylation sites is 1. The maximum absolute atomic E-state index is 6.33. The van der Waals surface area contributed by atoms with Crippen molar-refractivity contribution in [3.05, 3.63) is 212 Å². The lowest BCUT2D eigenvalue weighted by Crippen LogP contribution is -2.08. The molecule has 0 unspecified atom stereocenters. The Balaban J connectivity index is 1.05. The number of fused-ring (bicyclic) bond motifs is 9. The molecule has 0 fully saturated rings. The molecular weight excluding hydrogens is 705 g/mol. The summed E-state index contributed by atoms with van der Waals surface area (Å²) < 4.78 is 11.2. The van der Waals surface area contributed by atoms with Gasteiger partial charge in [-0.15, -0.1) is 0 Å². The lowest BCUT2D eigenvalue weighted by molar-refractivity contribution is 0.302. The summed E-state index contributed by atoms with van der Waals surface area (Å²) in [5, 5.41) is 4.92. The second-order valence-corrected chi connectivity index (χ2v) is 15.3. The molecule has 12 rings (SSSR count). The molecule has 0 atom stereocenters. The van der Waals surface area contributed by atoms with Gasteiger partial charge in [0.15, 0.2) is 0 Å². The Kier molecular flexibility index (Phi) is 7.29. The van der Waals surface area contributed by atoms with Gasteiger partial charge in [-0.3, -0.25) is 0 Å². The van der Waals surface area contributed by atoms with Crippen molar-refractivity contribution in [1.82, 2.24) is 9.13 Å². The van der Waals surface area contributed by atoms with Crippen LogP contribution in [0.3, 0.4) is 0 Å². The molecule has 0 radical (unpaired) electrons. The fourth-order valence-electron chi connectivity index (χ4n) is 9.27.